The predicted octanol–water partition coefficient (Wildman–Crippen LogP) is 0.705. The van der Waals surface area contributed by atoms with Gasteiger partial charge in [-0.25, -0.2) is 0 Å². The molecule has 0 aromatic carbocycles. The van der Waals surface area contributed by atoms with E-state index in [1.807, 2.05) is 0 Å². The van der Waals surface area contributed by atoms with Crippen molar-refractivity contribution >= 4 is 11.9 Å². The van der Waals surface area contributed by atoms with Crippen molar-refractivity contribution in [3.05, 3.63) is 6.92 Å². The van der Waals surface area contributed by atoms with Gasteiger partial charge in [0.1, 0.15) is 6.10 Å². The highest BCUT2D eigenvalue weighted by atomic mass is 16.6. The monoisotopic (exact) mass is 173 g/mol. The molecule has 0 aromatic heterocycles. The summed E-state index contributed by atoms with van der Waals surface area (Å²) in [7, 11) is 0. The number of ether oxygens (including phenoxy) is 2. The molecule has 4 heteroatoms. The fourth-order valence-corrected chi connectivity index (χ4v) is 0.628. The second kappa shape index (κ2) is 5.57. The molecule has 0 spiro atoms. The maximum absolute atomic E-state index is 10.4. The summed E-state index contributed by atoms with van der Waals surface area (Å²) in [5.41, 5.74) is 0. The van der Waals surface area contributed by atoms with Crippen LogP contribution in [0.1, 0.15) is 20.3 Å². The molecular formula is C8H13O4. The van der Waals surface area contributed by atoms with E-state index in [9.17, 15) is 9.59 Å². The van der Waals surface area contributed by atoms with Crippen LogP contribution in [0.4, 0.5) is 0 Å². The van der Waals surface area contributed by atoms with Gasteiger partial charge in [-0.15, -0.1) is 0 Å². The van der Waals surface area contributed by atoms with Crippen LogP contribution < -0.4 is 0 Å². The summed E-state index contributed by atoms with van der Waals surface area (Å²) in [6.07, 6.45) is -0.0130. The smallest absolute Gasteiger partial charge is 0.302 e. The van der Waals surface area contributed by atoms with Crippen LogP contribution in [0.5, 0.6) is 0 Å². The van der Waals surface area contributed by atoms with E-state index >= 15 is 0 Å². The third kappa shape index (κ3) is 7.05. The molecule has 0 amide bonds. The van der Waals surface area contributed by atoms with Crippen molar-refractivity contribution in [2.75, 3.05) is 6.61 Å². The molecule has 0 saturated carbocycles. The second-order valence-corrected chi connectivity index (χ2v) is 2.36. The first-order valence-corrected chi connectivity index (χ1v) is 3.66. The zero-order valence-corrected chi connectivity index (χ0v) is 7.33. The fraction of sp³-hybridized carbons (Fsp3) is 0.625. The van der Waals surface area contributed by atoms with Gasteiger partial charge in [-0.05, 0) is 6.92 Å². The Balaban J connectivity index is 3.37. The lowest BCUT2D eigenvalue weighted by Crippen LogP contribution is -2.15. The molecule has 0 N–H and O–H groups in total. The Hall–Kier alpha value is -1.06. The molecule has 69 valence electrons. The van der Waals surface area contributed by atoms with E-state index in [1.165, 1.54) is 13.8 Å². The molecular weight excluding hydrogens is 160 g/mol. The Morgan fingerprint density at radius 2 is 1.92 bits per heavy atom. The summed E-state index contributed by atoms with van der Waals surface area (Å²) in [6.45, 7) is 6.41. The van der Waals surface area contributed by atoms with Gasteiger partial charge in [-0.3, -0.25) is 9.59 Å². The van der Waals surface area contributed by atoms with Gasteiger partial charge in [-0.1, -0.05) is 0 Å². The van der Waals surface area contributed by atoms with E-state index in [4.69, 9.17) is 4.74 Å². The number of hydrogen-bond donors (Lipinski definition) is 0. The van der Waals surface area contributed by atoms with Crippen molar-refractivity contribution < 1.29 is 19.1 Å². The largest absolute Gasteiger partial charge is 0.466 e. The molecule has 0 rings (SSSR count). The van der Waals surface area contributed by atoms with Crippen molar-refractivity contribution in [2.24, 2.45) is 0 Å². The van der Waals surface area contributed by atoms with Crippen molar-refractivity contribution in [2.45, 2.75) is 26.4 Å². The molecule has 1 unspecified atom stereocenters. The van der Waals surface area contributed by atoms with Crippen molar-refractivity contribution in [1.29, 1.82) is 0 Å². The van der Waals surface area contributed by atoms with E-state index in [-0.39, 0.29) is 18.5 Å². The van der Waals surface area contributed by atoms with Crippen molar-refractivity contribution in [3.63, 3.8) is 0 Å². The van der Waals surface area contributed by atoms with Crippen LogP contribution >= 0.6 is 0 Å². The summed E-state index contributed by atoms with van der Waals surface area (Å²) in [6, 6.07) is 0. The van der Waals surface area contributed by atoms with E-state index in [0.717, 1.165) is 0 Å². The van der Waals surface area contributed by atoms with Gasteiger partial charge in [0.2, 0.25) is 0 Å². The standard InChI is InChI=1S/C8H13O4/c1-6(12-8(3)10)4-5-11-7(2)9/h6H,1,4-5H2,2-3H3. The summed E-state index contributed by atoms with van der Waals surface area (Å²) < 4.78 is 9.31. The third-order valence-corrected chi connectivity index (χ3v) is 1.08. The Kier molecular flexibility index (Phi) is 5.08. The van der Waals surface area contributed by atoms with Crippen molar-refractivity contribution in [3.8, 4) is 0 Å². The molecule has 0 fully saturated rings. The van der Waals surface area contributed by atoms with Crippen molar-refractivity contribution in [1.82, 2.24) is 0 Å². The summed E-state index contributed by atoms with van der Waals surface area (Å²) in [5, 5.41) is 0. The maximum atomic E-state index is 10.4. The number of hydrogen-bond acceptors (Lipinski definition) is 4. The molecule has 0 aromatic rings. The number of carbonyl (C=O) groups excluding carboxylic acids is 2. The molecule has 0 saturated heterocycles. The van der Waals surface area contributed by atoms with Gasteiger partial charge in [0.15, 0.2) is 0 Å². The first kappa shape index (κ1) is 10.9. The predicted molar refractivity (Wildman–Crippen MR) is 42.2 cm³/mol. The van der Waals surface area contributed by atoms with Crippen LogP contribution in [-0.4, -0.2) is 24.6 Å². The topological polar surface area (TPSA) is 52.6 Å². The number of esters is 2. The van der Waals surface area contributed by atoms with Crippen LogP contribution in [0, 0.1) is 6.92 Å². The first-order chi connectivity index (χ1) is 5.52. The molecule has 0 heterocycles. The minimum absolute atomic E-state index is 0.233. The summed E-state index contributed by atoms with van der Waals surface area (Å²) in [5.74, 6) is -0.720. The minimum Gasteiger partial charge on any atom is -0.466 e. The zero-order valence-electron chi connectivity index (χ0n) is 7.33. The second-order valence-electron chi connectivity index (χ2n) is 2.36. The number of rotatable bonds is 4. The Morgan fingerprint density at radius 3 is 2.33 bits per heavy atom. The summed E-state index contributed by atoms with van der Waals surface area (Å²) >= 11 is 0. The van der Waals surface area contributed by atoms with Gasteiger partial charge in [0, 0.05) is 20.3 Å². The lowest BCUT2D eigenvalue weighted by molar-refractivity contribution is -0.146. The van der Waals surface area contributed by atoms with Crippen LogP contribution in [0.2, 0.25) is 0 Å². The molecule has 1 atom stereocenters. The Morgan fingerprint density at radius 1 is 1.33 bits per heavy atom. The third-order valence-electron chi connectivity index (χ3n) is 1.08. The molecule has 0 aliphatic rings. The SMILES string of the molecule is [CH2]C(CCOC(C)=O)OC(C)=O. The Bertz CT molecular complexity index is 164. The zero-order chi connectivity index (χ0) is 9.56. The highest BCUT2D eigenvalue weighted by Gasteiger charge is 2.05. The Labute approximate surface area is 71.8 Å². The maximum Gasteiger partial charge on any atom is 0.302 e. The van der Waals surface area contributed by atoms with Crippen LogP contribution in [-0.2, 0) is 19.1 Å². The molecule has 4 nitrogen and oxygen atoms in total. The minimum atomic E-state index is -0.443. The highest BCUT2D eigenvalue weighted by molar-refractivity contribution is 5.66. The summed E-state index contributed by atoms with van der Waals surface area (Å²) in [4.78, 5) is 20.7. The van der Waals surface area contributed by atoms with Gasteiger partial charge in [0.05, 0.1) is 6.61 Å². The highest BCUT2D eigenvalue weighted by Crippen LogP contribution is 1.97. The lowest BCUT2D eigenvalue weighted by atomic mass is 10.3. The molecule has 0 bridgehead atoms. The van der Waals surface area contributed by atoms with Gasteiger partial charge in [0.25, 0.3) is 0 Å². The molecule has 0 aliphatic carbocycles. The number of carbonyl (C=O) groups is 2. The van der Waals surface area contributed by atoms with E-state index in [2.05, 4.69) is 11.7 Å². The van der Waals surface area contributed by atoms with E-state index < -0.39 is 6.10 Å². The van der Waals surface area contributed by atoms with Crippen LogP contribution in [0.15, 0.2) is 0 Å². The average molecular weight is 173 g/mol. The van der Waals surface area contributed by atoms with E-state index in [0.29, 0.717) is 6.42 Å². The van der Waals surface area contributed by atoms with Gasteiger partial charge >= 0.3 is 11.9 Å². The lowest BCUT2D eigenvalue weighted by Gasteiger charge is -2.10. The molecule has 1 radical (unpaired) electrons. The quantitative estimate of drug-likeness (QED) is 0.587. The van der Waals surface area contributed by atoms with E-state index in [1.54, 1.807) is 0 Å². The first-order valence-electron chi connectivity index (χ1n) is 3.66. The average Bonchev–Trinajstić information content (AvgIpc) is 1.84. The van der Waals surface area contributed by atoms with Gasteiger partial charge in [-0.2, -0.15) is 0 Å². The van der Waals surface area contributed by atoms with Crippen LogP contribution in [0.25, 0.3) is 0 Å². The fourth-order valence-electron chi connectivity index (χ4n) is 0.628. The normalized spacial score (nSPS) is 11.9. The van der Waals surface area contributed by atoms with Gasteiger partial charge < -0.3 is 9.47 Å². The molecule has 12 heavy (non-hydrogen) atoms. The molecule has 0 aliphatic heterocycles. The van der Waals surface area contributed by atoms with Crippen LogP contribution in [0.3, 0.4) is 0 Å².